The molecule has 11 aromatic rings. The van der Waals surface area contributed by atoms with Gasteiger partial charge in [0.1, 0.15) is 0 Å². The Hall–Kier alpha value is -8.20. The van der Waals surface area contributed by atoms with E-state index in [2.05, 4.69) is 237 Å². The average molecular weight is 801 g/mol. The average Bonchev–Trinajstić information content (AvgIpc) is 3.67. The third-order valence-corrected chi connectivity index (χ3v) is 13.0. The van der Waals surface area contributed by atoms with E-state index in [1.54, 1.807) is 0 Å². The molecule has 1 aromatic heterocycles. The van der Waals surface area contributed by atoms with E-state index < -0.39 is 5.41 Å². The van der Waals surface area contributed by atoms with Crippen LogP contribution in [0.25, 0.3) is 88.8 Å². The summed E-state index contributed by atoms with van der Waals surface area (Å²) in [6.45, 7) is 0. The van der Waals surface area contributed by atoms with Crippen molar-refractivity contribution in [2.24, 2.45) is 0 Å². The van der Waals surface area contributed by atoms with Gasteiger partial charge in [-0.15, -0.1) is 0 Å². The van der Waals surface area contributed by atoms with Gasteiger partial charge >= 0.3 is 0 Å². The van der Waals surface area contributed by atoms with Gasteiger partial charge in [0, 0.05) is 16.7 Å². The van der Waals surface area contributed by atoms with Crippen LogP contribution in [-0.4, -0.2) is 9.97 Å². The molecule has 1 aliphatic carbocycles. The summed E-state index contributed by atoms with van der Waals surface area (Å²) >= 11 is 0. The molecule has 0 fully saturated rings. The van der Waals surface area contributed by atoms with Gasteiger partial charge in [0.15, 0.2) is 5.82 Å². The molecule has 0 aliphatic heterocycles. The van der Waals surface area contributed by atoms with Crippen LogP contribution >= 0.6 is 0 Å². The summed E-state index contributed by atoms with van der Waals surface area (Å²) in [5, 5.41) is 4.69. The van der Waals surface area contributed by atoms with Crippen molar-refractivity contribution in [2.45, 2.75) is 5.41 Å². The van der Waals surface area contributed by atoms with Crippen LogP contribution in [0.4, 0.5) is 0 Å². The van der Waals surface area contributed by atoms with Gasteiger partial charge in [-0.25, -0.2) is 9.97 Å². The van der Waals surface area contributed by atoms with Crippen LogP contribution in [0.5, 0.6) is 0 Å². The van der Waals surface area contributed by atoms with Crippen LogP contribution in [0.3, 0.4) is 0 Å². The number of rotatable bonds is 7. The predicted octanol–water partition coefficient (Wildman–Crippen LogP) is 15.5. The van der Waals surface area contributed by atoms with Gasteiger partial charge in [-0.3, -0.25) is 0 Å². The minimum absolute atomic E-state index is 0.474. The van der Waals surface area contributed by atoms with Gasteiger partial charge in [-0.2, -0.15) is 0 Å². The highest BCUT2D eigenvalue weighted by Crippen LogP contribution is 2.57. The third kappa shape index (κ3) is 6.10. The molecular formula is C61H40N2. The van der Waals surface area contributed by atoms with Gasteiger partial charge in [0.05, 0.1) is 16.8 Å². The molecular weight excluding hydrogens is 761 g/mol. The lowest BCUT2D eigenvalue weighted by Gasteiger charge is -2.34. The zero-order valence-corrected chi connectivity index (χ0v) is 34.5. The predicted molar refractivity (Wildman–Crippen MR) is 262 cm³/mol. The lowest BCUT2D eigenvalue weighted by Crippen LogP contribution is -2.28. The van der Waals surface area contributed by atoms with E-state index in [0.29, 0.717) is 5.82 Å². The van der Waals surface area contributed by atoms with Crippen LogP contribution in [-0.2, 0) is 5.41 Å². The first-order valence-corrected chi connectivity index (χ1v) is 21.6. The van der Waals surface area contributed by atoms with Crippen molar-refractivity contribution in [1.82, 2.24) is 9.97 Å². The highest BCUT2D eigenvalue weighted by Gasteiger charge is 2.46. The Balaban J connectivity index is 1.01. The number of fused-ring (bicyclic) bond motifs is 5. The second-order valence-corrected chi connectivity index (χ2v) is 16.5. The van der Waals surface area contributed by atoms with Crippen LogP contribution in [0.15, 0.2) is 243 Å². The molecule has 63 heavy (non-hydrogen) atoms. The zero-order valence-electron chi connectivity index (χ0n) is 34.5. The molecule has 0 N–H and O–H groups in total. The first-order chi connectivity index (χ1) is 31.2. The SMILES string of the molecule is c1ccc(-c2ccc3cc(-c4cc(-c5ccc(-c6ccc7c(c6)C(c6ccccc6)(c6ccccc6)c6ccccc6-7)c6ccccc56)nc(-c5ccccc5)n4)ccc3c2)cc1. The normalized spacial score (nSPS) is 12.6. The summed E-state index contributed by atoms with van der Waals surface area (Å²) in [4.78, 5) is 10.5. The Bertz CT molecular complexity index is 3450. The quantitative estimate of drug-likeness (QED) is 0.160. The molecule has 0 spiro atoms. The Morgan fingerprint density at radius 2 is 0.762 bits per heavy atom. The number of hydrogen-bond acceptors (Lipinski definition) is 2. The van der Waals surface area contributed by atoms with E-state index in [-0.39, 0.29) is 0 Å². The summed E-state index contributed by atoms with van der Waals surface area (Å²) in [6.07, 6.45) is 0. The van der Waals surface area contributed by atoms with E-state index in [4.69, 9.17) is 9.97 Å². The second-order valence-electron chi connectivity index (χ2n) is 16.5. The van der Waals surface area contributed by atoms with Gasteiger partial charge < -0.3 is 0 Å². The van der Waals surface area contributed by atoms with Crippen molar-refractivity contribution in [3.63, 3.8) is 0 Å². The molecule has 0 bridgehead atoms. The molecule has 0 amide bonds. The fraction of sp³-hybridized carbons (Fsp3) is 0.0164. The molecule has 0 atom stereocenters. The Morgan fingerprint density at radius 1 is 0.270 bits per heavy atom. The maximum Gasteiger partial charge on any atom is 0.160 e. The fourth-order valence-electron chi connectivity index (χ4n) is 10.1. The second kappa shape index (κ2) is 15.1. The van der Waals surface area contributed by atoms with Gasteiger partial charge in [-0.1, -0.05) is 218 Å². The maximum absolute atomic E-state index is 5.30. The summed E-state index contributed by atoms with van der Waals surface area (Å²) in [7, 11) is 0. The highest BCUT2D eigenvalue weighted by atomic mass is 14.9. The monoisotopic (exact) mass is 800 g/mol. The molecule has 0 saturated carbocycles. The first-order valence-electron chi connectivity index (χ1n) is 21.6. The topological polar surface area (TPSA) is 25.8 Å². The van der Waals surface area contributed by atoms with Crippen molar-refractivity contribution in [1.29, 1.82) is 0 Å². The van der Waals surface area contributed by atoms with Gasteiger partial charge in [-0.05, 0) is 101 Å². The van der Waals surface area contributed by atoms with Crippen LogP contribution < -0.4 is 0 Å². The van der Waals surface area contributed by atoms with Crippen LogP contribution in [0.2, 0.25) is 0 Å². The van der Waals surface area contributed by atoms with Gasteiger partial charge in [0.25, 0.3) is 0 Å². The molecule has 10 aromatic carbocycles. The van der Waals surface area contributed by atoms with E-state index in [0.717, 1.165) is 33.5 Å². The van der Waals surface area contributed by atoms with Crippen LogP contribution in [0, 0.1) is 0 Å². The summed E-state index contributed by atoms with van der Waals surface area (Å²) in [5.41, 5.74) is 16.9. The maximum atomic E-state index is 5.30. The molecule has 294 valence electrons. The summed E-state index contributed by atoms with van der Waals surface area (Å²) < 4.78 is 0. The minimum atomic E-state index is -0.474. The third-order valence-electron chi connectivity index (χ3n) is 13.0. The minimum Gasteiger partial charge on any atom is -0.228 e. The number of benzene rings is 10. The van der Waals surface area contributed by atoms with Crippen molar-refractivity contribution in [3.05, 3.63) is 265 Å². The van der Waals surface area contributed by atoms with E-state index >= 15 is 0 Å². The van der Waals surface area contributed by atoms with E-state index in [1.165, 1.54) is 71.8 Å². The summed E-state index contributed by atoms with van der Waals surface area (Å²) in [5.74, 6) is 0.701. The molecule has 0 unspecified atom stereocenters. The van der Waals surface area contributed by atoms with Crippen molar-refractivity contribution in [2.75, 3.05) is 0 Å². The van der Waals surface area contributed by atoms with Crippen LogP contribution in [0.1, 0.15) is 22.3 Å². The molecule has 2 nitrogen and oxygen atoms in total. The highest BCUT2D eigenvalue weighted by molar-refractivity contribution is 6.05. The standard InChI is InChI=1S/C61H40N2/c1-5-17-41(18-6-1)43-29-30-45-38-47(32-31-44(45)37-43)58-40-59(63-60(62-58)42-19-7-2-8-20-42)55-36-35-50(51-25-13-14-26-52(51)55)46-33-34-54-53-27-15-16-28-56(53)61(57(54)39-46,48-21-9-3-10-22-48)49-23-11-4-12-24-49/h1-40H. The Morgan fingerprint density at radius 3 is 1.46 bits per heavy atom. The van der Waals surface area contributed by atoms with Crippen molar-refractivity contribution < 1.29 is 0 Å². The Kier molecular flexibility index (Phi) is 8.76. The van der Waals surface area contributed by atoms with E-state index in [9.17, 15) is 0 Å². The smallest absolute Gasteiger partial charge is 0.160 e. The fourth-order valence-corrected chi connectivity index (χ4v) is 10.1. The lowest BCUT2D eigenvalue weighted by atomic mass is 9.67. The Labute approximate surface area is 367 Å². The molecule has 1 heterocycles. The molecule has 0 saturated heterocycles. The number of hydrogen-bond donors (Lipinski definition) is 0. The number of nitrogens with zero attached hydrogens (tertiary/aromatic N) is 2. The summed E-state index contributed by atoms with van der Waals surface area (Å²) in [6, 6.07) is 87.8. The van der Waals surface area contributed by atoms with Crippen molar-refractivity contribution >= 4 is 21.5 Å². The first kappa shape index (κ1) is 36.6. The molecule has 2 heteroatoms. The largest absolute Gasteiger partial charge is 0.228 e. The van der Waals surface area contributed by atoms with Crippen molar-refractivity contribution in [3.8, 4) is 67.3 Å². The molecule has 12 rings (SSSR count). The van der Waals surface area contributed by atoms with Gasteiger partial charge in [0.2, 0.25) is 0 Å². The molecule has 1 aliphatic rings. The molecule has 0 radical (unpaired) electrons. The number of aromatic nitrogens is 2. The lowest BCUT2D eigenvalue weighted by molar-refractivity contribution is 0.769. The van der Waals surface area contributed by atoms with E-state index in [1.807, 2.05) is 6.07 Å². The zero-order chi connectivity index (χ0) is 41.7.